The Morgan fingerprint density at radius 1 is 1.50 bits per heavy atom. The maximum atomic E-state index is 11.9. The van der Waals surface area contributed by atoms with E-state index in [2.05, 4.69) is 10.3 Å². The van der Waals surface area contributed by atoms with E-state index in [0.717, 1.165) is 0 Å². The molecule has 1 heterocycles. The van der Waals surface area contributed by atoms with Crippen molar-refractivity contribution in [1.29, 1.82) is 0 Å². The van der Waals surface area contributed by atoms with Crippen molar-refractivity contribution in [3.63, 3.8) is 0 Å². The zero-order valence-corrected chi connectivity index (χ0v) is 10.9. The third kappa shape index (κ3) is 4.31. The van der Waals surface area contributed by atoms with Crippen LogP contribution in [0.5, 0.6) is 0 Å². The second-order valence-corrected chi connectivity index (χ2v) is 3.95. The van der Waals surface area contributed by atoms with Crippen LogP contribution in [-0.2, 0) is 9.47 Å². The Morgan fingerprint density at radius 3 is 2.78 bits per heavy atom. The van der Waals surface area contributed by atoms with E-state index in [-0.39, 0.29) is 12.0 Å². The number of anilines is 1. The predicted molar refractivity (Wildman–Crippen MR) is 68.4 cm³/mol. The molecule has 6 nitrogen and oxygen atoms in total. The highest BCUT2D eigenvalue weighted by Gasteiger charge is 2.11. The van der Waals surface area contributed by atoms with Gasteiger partial charge in [0.25, 0.3) is 5.91 Å². The number of nitrogens with two attached hydrogens (primary N) is 1. The number of hydrogen-bond donors (Lipinski definition) is 2. The molecule has 18 heavy (non-hydrogen) atoms. The molecular weight excluding hydrogens is 234 g/mol. The Balaban J connectivity index is 2.59. The van der Waals surface area contributed by atoms with Crippen LogP contribution in [0.25, 0.3) is 0 Å². The van der Waals surface area contributed by atoms with Crippen molar-refractivity contribution in [2.45, 2.75) is 13.0 Å². The Labute approximate surface area is 106 Å². The van der Waals surface area contributed by atoms with Crippen molar-refractivity contribution in [3.05, 3.63) is 23.4 Å². The quantitative estimate of drug-likeness (QED) is 0.764. The van der Waals surface area contributed by atoms with Crippen LogP contribution in [0.4, 0.5) is 5.82 Å². The normalized spacial score (nSPS) is 12.2. The lowest BCUT2D eigenvalue weighted by molar-refractivity contribution is 0.0285. The van der Waals surface area contributed by atoms with Gasteiger partial charge in [0.1, 0.15) is 5.82 Å². The summed E-state index contributed by atoms with van der Waals surface area (Å²) in [4.78, 5) is 15.9. The molecular formula is C12H19N3O3. The number of carbonyl (C=O) groups is 1. The van der Waals surface area contributed by atoms with Gasteiger partial charge in [0.15, 0.2) is 0 Å². The lowest BCUT2D eigenvalue weighted by Crippen LogP contribution is -2.35. The number of rotatable bonds is 6. The third-order valence-corrected chi connectivity index (χ3v) is 2.41. The Morgan fingerprint density at radius 2 is 2.22 bits per heavy atom. The van der Waals surface area contributed by atoms with Gasteiger partial charge in [0.2, 0.25) is 0 Å². The summed E-state index contributed by atoms with van der Waals surface area (Å²) in [6.45, 7) is 2.59. The summed E-state index contributed by atoms with van der Waals surface area (Å²) in [6, 6.07) is 3.23. The minimum atomic E-state index is -0.203. The van der Waals surface area contributed by atoms with E-state index in [0.29, 0.717) is 30.2 Å². The molecule has 0 spiro atoms. The molecule has 1 aromatic heterocycles. The van der Waals surface area contributed by atoms with E-state index in [9.17, 15) is 4.79 Å². The number of ether oxygens (including phenoxy) is 2. The van der Waals surface area contributed by atoms with Gasteiger partial charge in [0, 0.05) is 32.0 Å². The van der Waals surface area contributed by atoms with Crippen molar-refractivity contribution >= 4 is 11.7 Å². The van der Waals surface area contributed by atoms with Gasteiger partial charge in [-0.3, -0.25) is 4.79 Å². The molecule has 100 valence electrons. The van der Waals surface area contributed by atoms with Crippen LogP contribution in [0, 0.1) is 6.92 Å². The van der Waals surface area contributed by atoms with Gasteiger partial charge in [-0.05, 0) is 19.1 Å². The average molecular weight is 253 g/mol. The molecule has 1 unspecified atom stereocenters. The van der Waals surface area contributed by atoms with E-state index in [1.807, 2.05) is 0 Å². The van der Waals surface area contributed by atoms with E-state index in [1.165, 1.54) is 0 Å². The van der Waals surface area contributed by atoms with Gasteiger partial charge in [-0.15, -0.1) is 0 Å². The molecule has 0 saturated heterocycles. The van der Waals surface area contributed by atoms with Crippen LogP contribution in [0.15, 0.2) is 12.1 Å². The van der Waals surface area contributed by atoms with Crippen LogP contribution in [0.3, 0.4) is 0 Å². The fourth-order valence-corrected chi connectivity index (χ4v) is 1.53. The lowest BCUT2D eigenvalue weighted by Gasteiger charge is -2.15. The van der Waals surface area contributed by atoms with E-state index < -0.39 is 0 Å². The Bertz CT molecular complexity index is 389. The summed E-state index contributed by atoms with van der Waals surface area (Å²) in [5, 5.41) is 2.76. The first-order valence-electron chi connectivity index (χ1n) is 5.61. The first-order chi connectivity index (χ1) is 8.56. The van der Waals surface area contributed by atoms with E-state index >= 15 is 0 Å². The number of nitrogens with zero attached hydrogens (tertiary/aromatic N) is 1. The minimum Gasteiger partial charge on any atom is -0.384 e. The first-order valence-corrected chi connectivity index (χ1v) is 5.61. The summed E-state index contributed by atoms with van der Waals surface area (Å²) in [5.41, 5.74) is 6.79. The summed E-state index contributed by atoms with van der Waals surface area (Å²) in [7, 11) is 3.16. The molecule has 0 bridgehead atoms. The number of methoxy groups -OCH3 is 2. The number of aryl methyl sites for hydroxylation is 1. The largest absolute Gasteiger partial charge is 0.384 e. The van der Waals surface area contributed by atoms with E-state index in [1.54, 1.807) is 33.3 Å². The zero-order valence-electron chi connectivity index (χ0n) is 10.9. The summed E-state index contributed by atoms with van der Waals surface area (Å²) in [5.74, 6) is 0.130. The fraction of sp³-hybridized carbons (Fsp3) is 0.500. The van der Waals surface area contributed by atoms with Gasteiger partial charge in [-0.25, -0.2) is 4.98 Å². The SMILES string of the molecule is COCC(CNC(=O)c1cc(C)nc(N)c1)OC. The predicted octanol–water partition coefficient (Wildman–Crippen LogP) is 0.363. The number of amides is 1. The summed E-state index contributed by atoms with van der Waals surface area (Å²) in [6.07, 6.45) is -0.167. The average Bonchev–Trinajstić information content (AvgIpc) is 2.32. The zero-order chi connectivity index (χ0) is 13.5. The molecule has 6 heteroatoms. The van der Waals surface area contributed by atoms with Crippen LogP contribution in [0.2, 0.25) is 0 Å². The van der Waals surface area contributed by atoms with Crippen LogP contribution in [0.1, 0.15) is 16.1 Å². The molecule has 0 fully saturated rings. The van der Waals surface area contributed by atoms with Gasteiger partial charge in [0.05, 0.1) is 12.7 Å². The van der Waals surface area contributed by atoms with Crippen LogP contribution >= 0.6 is 0 Å². The maximum absolute atomic E-state index is 11.9. The third-order valence-electron chi connectivity index (χ3n) is 2.41. The van der Waals surface area contributed by atoms with Gasteiger partial charge < -0.3 is 20.5 Å². The Kier molecular flexibility index (Phi) is 5.54. The molecule has 0 aromatic carbocycles. The monoisotopic (exact) mass is 253 g/mol. The van der Waals surface area contributed by atoms with Gasteiger partial charge in [-0.2, -0.15) is 0 Å². The fourth-order valence-electron chi connectivity index (χ4n) is 1.53. The molecule has 1 aromatic rings. The molecule has 0 saturated carbocycles. The summed E-state index contributed by atoms with van der Waals surface area (Å²) >= 11 is 0. The second-order valence-electron chi connectivity index (χ2n) is 3.95. The van der Waals surface area contributed by atoms with Crippen molar-refractivity contribution in [2.24, 2.45) is 0 Å². The van der Waals surface area contributed by atoms with Crippen molar-refractivity contribution in [3.8, 4) is 0 Å². The topological polar surface area (TPSA) is 86.5 Å². The number of nitrogens with one attached hydrogen (secondary N) is 1. The number of nitrogen functional groups attached to an aromatic ring is 1. The number of aromatic nitrogens is 1. The molecule has 0 aliphatic heterocycles. The molecule has 0 aliphatic rings. The van der Waals surface area contributed by atoms with Crippen molar-refractivity contribution in [2.75, 3.05) is 33.1 Å². The van der Waals surface area contributed by atoms with Gasteiger partial charge in [-0.1, -0.05) is 0 Å². The van der Waals surface area contributed by atoms with Crippen molar-refractivity contribution < 1.29 is 14.3 Å². The molecule has 1 rings (SSSR count). The molecule has 1 atom stereocenters. The molecule has 0 aliphatic carbocycles. The highest BCUT2D eigenvalue weighted by Crippen LogP contribution is 2.06. The summed E-state index contributed by atoms with van der Waals surface area (Å²) < 4.78 is 10.1. The second kappa shape index (κ2) is 6.93. The highest BCUT2D eigenvalue weighted by molar-refractivity contribution is 5.94. The van der Waals surface area contributed by atoms with Crippen LogP contribution < -0.4 is 11.1 Å². The standard InChI is InChI=1S/C12H19N3O3/c1-8-4-9(5-11(13)15-8)12(16)14-6-10(18-3)7-17-2/h4-5,10H,6-7H2,1-3H3,(H2,13,15)(H,14,16). The number of pyridine rings is 1. The maximum Gasteiger partial charge on any atom is 0.251 e. The Hall–Kier alpha value is -1.66. The van der Waals surface area contributed by atoms with E-state index in [4.69, 9.17) is 15.2 Å². The lowest BCUT2D eigenvalue weighted by atomic mass is 10.2. The first kappa shape index (κ1) is 14.4. The molecule has 0 radical (unpaired) electrons. The smallest absolute Gasteiger partial charge is 0.251 e. The number of hydrogen-bond acceptors (Lipinski definition) is 5. The molecule has 1 amide bonds. The number of carbonyl (C=O) groups excluding carboxylic acids is 1. The van der Waals surface area contributed by atoms with Crippen LogP contribution in [-0.4, -0.2) is 44.4 Å². The highest BCUT2D eigenvalue weighted by atomic mass is 16.5. The minimum absolute atomic E-state index is 0.167. The van der Waals surface area contributed by atoms with Gasteiger partial charge >= 0.3 is 0 Å². The van der Waals surface area contributed by atoms with Crippen molar-refractivity contribution in [1.82, 2.24) is 10.3 Å². The molecule has 3 N–H and O–H groups in total.